The van der Waals surface area contributed by atoms with Crippen LogP contribution in [0.2, 0.25) is 5.02 Å². The molecule has 1 fully saturated rings. The van der Waals surface area contributed by atoms with Crippen LogP contribution in [-0.2, 0) is 11.3 Å². The second kappa shape index (κ2) is 13.4. The number of nitrogens with zero attached hydrogens (tertiary/aromatic N) is 6. The van der Waals surface area contributed by atoms with Crippen LogP contribution in [0.15, 0.2) is 78.0 Å². The number of thioether (sulfide) groups is 1. The van der Waals surface area contributed by atoms with Crippen molar-refractivity contribution in [2.75, 3.05) is 25.4 Å². The molecule has 0 spiro atoms. The first-order chi connectivity index (χ1) is 21.4. The number of carbonyl (C=O) groups is 2. The summed E-state index contributed by atoms with van der Waals surface area (Å²) in [5, 5.41) is 11.3. The summed E-state index contributed by atoms with van der Waals surface area (Å²) in [7, 11) is 0. The first-order valence-electron chi connectivity index (χ1n) is 15.0. The predicted molar refractivity (Wildman–Crippen MR) is 176 cm³/mol. The fourth-order valence-corrected chi connectivity index (χ4v) is 6.75. The molecule has 0 N–H and O–H groups in total. The topological polar surface area (TPSA) is 84.2 Å². The number of aromatic nitrogens is 4. The monoisotopic (exact) mass is 626 g/mol. The molecular formula is C34H35ClN6O2S. The number of halogens is 1. The molecule has 10 heteroatoms. The maximum Gasteiger partial charge on any atom is 0.254 e. The Bertz CT molecular complexity index is 1810. The number of aryl methyl sites for hydroxylation is 1. The maximum atomic E-state index is 13.0. The van der Waals surface area contributed by atoms with Gasteiger partial charge in [-0.05, 0) is 62.6 Å². The zero-order valence-electron chi connectivity index (χ0n) is 24.9. The van der Waals surface area contributed by atoms with Gasteiger partial charge in [-0.1, -0.05) is 71.4 Å². The fourth-order valence-electron chi connectivity index (χ4n) is 5.85. The summed E-state index contributed by atoms with van der Waals surface area (Å²) < 4.78 is 2.22. The van der Waals surface area contributed by atoms with Gasteiger partial charge in [0.25, 0.3) is 5.91 Å². The van der Waals surface area contributed by atoms with E-state index < -0.39 is 0 Å². The van der Waals surface area contributed by atoms with Crippen molar-refractivity contribution in [3.05, 3.63) is 94.5 Å². The minimum absolute atomic E-state index is 0.0243. The molecule has 0 radical (unpaired) electrons. The van der Waals surface area contributed by atoms with Crippen molar-refractivity contribution >= 4 is 57.2 Å². The molecule has 0 saturated carbocycles. The Balaban J connectivity index is 1.02. The van der Waals surface area contributed by atoms with Crippen LogP contribution < -0.4 is 0 Å². The Morgan fingerprint density at radius 1 is 0.977 bits per heavy atom. The number of rotatable bonds is 9. The second-order valence-corrected chi connectivity index (χ2v) is 12.9. The van der Waals surface area contributed by atoms with E-state index in [9.17, 15) is 9.59 Å². The second-order valence-electron chi connectivity index (χ2n) is 11.4. The molecule has 2 amide bonds. The van der Waals surface area contributed by atoms with Gasteiger partial charge in [0.2, 0.25) is 11.1 Å². The van der Waals surface area contributed by atoms with E-state index >= 15 is 0 Å². The molecule has 1 saturated heterocycles. The molecule has 0 bridgehead atoms. The first kappa shape index (κ1) is 30.1. The number of piperazine rings is 1. The smallest absolute Gasteiger partial charge is 0.254 e. The van der Waals surface area contributed by atoms with E-state index in [-0.39, 0.29) is 17.9 Å². The van der Waals surface area contributed by atoms with Crippen molar-refractivity contribution in [1.82, 2.24) is 29.5 Å². The highest BCUT2D eigenvalue weighted by Crippen LogP contribution is 2.28. The third-order valence-electron chi connectivity index (χ3n) is 8.13. The van der Waals surface area contributed by atoms with Crippen LogP contribution in [0.25, 0.3) is 22.1 Å². The molecule has 0 aliphatic carbocycles. The summed E-state index contributed by atoms with van der Waals surface area (Å²) in [5.74, 6) is 0.919. The van der Waals surface area contributed by atoms with E-state index in [0.717, 1.165) is 40.7 Å². The Morgan fingerprint density at radius 3 is 2.59 bits per heavy atom. The lowest BCUT2D eigenvalue weighted by atomic mass is 10.1. The van der Waals surface area contributed by atoms with Crippen molar-refractivity contribution in [2.45, 2.75) is 50.9 Å². The van der Waals surface area contributed by atoms with E-state index in [1.807, 2.05) is 28.9 Å². The number of unbranched alkanes of at least 4 members (excludes halogenated alkanes) is 1. The molecule has 2 aromatic heterocycles. The summed E-state index contributed by atoms with van der Waals surface area (Å²) in [5.41, 5.74) is 5.80. The van der Waals surface area contributed by atoms with E-state index in [1.54, 1.807) is 36.0 Å². The standard InChI is InChI=1S/C34H35ClN6O2S/c1-23-8-7-9-25(20-23)22-41-29-11-4-3-10-28(29)31-32(41)36-34(38-37-31)44-19-6-5-12-30(42)39-17-18-40(24(2)21-39)33(43)26-13-15-27(35)16-14-26/h3-4,7-11,13-16,20,24H,5-6,12,17-19,21-22H2,1-2H3. The van der Waals surface area contributed by atoms with Crippen LogP contribution in [-0.4, -0.2) is 72.8 Å². The SMILES string of the molecule is Cc1cccc(Cn2c3ccccc3c3nnc(SCCCCC(=O)N4CCN(C(=O)c5ccc(Cl)cc5)C(C)C4)nc32)c1. The van der Waals surface area contributed by atoms with Gasteiger partial charge in [-0.2, -0.15) is 0 Å². The lowest BCUT2D eigenvalue weighted by Crippen LogP contribution is -2.55. The van der Waals surface area contributed by atoms with E-state index in [4.69, 9.17) is 16.6 Å². The van der Waals surface area contributed by atoms with Gasteiger partial charge in [0, 0.05) is 60.4 Å². The van der Waals surface area contributed by atoms with Crippen LogP contribution in [0.4, 0.5) is 0 Å². The number of hydrogen-bond acceptors (Lipinski definition) is 6. The highest BCUT2D eigenvalue weighted by atomic mass is 35.5. The average Bonchev–Trinajstić information content (AvgIpc) is 3.33. The van der Waals surface area contributed by atoms with Gasteiger partial charge < -0.3 is 14.4 Å². The molecule has 8 nitrogen and oxygen atoms in total. The highest BCUT2D eigenvalue weighted by molar-refractivity contribution is 7.99. The molecule has 5 aromatic rings. The number of para-hydroxylation sites is 1. The Kier molecular flexibility index (Phi) is 9.14. The molecule has 3 heterocycles. The van der Waals surface area contributed by atoms with Gasteiger partial charge in [-0.15, -0.1) is 10.2 Å². The molecule has 1 aliphatic rings. The number of carbonyl (C=O) groups excluding carboxylic acids is 2. The summed E-state index contributed by atoms with van der Waals surface area (Å²) >= 11 is 7.54. The normalized spacial score (nSPS) is 15.3. The third kappa shape index (κ3) is 6.59. The Morgan fingerprint density at radius 2 is 1.80 bits per heavy atom. The molecule has 1 atom stereocenters. The van der Waals surface area contributed by atoms with Gasteiger partial charge in [0.05, 0.1) is 5.52 Å². The summed E-state index contributed by atoms with van der Waals surface area (Å²) in [6.45, 7) is 6.43. The Labute approximate surface area is 266 Å². The highest BCUT2D eigenvalue weighted by Gasteiger charge is 2.30. The van der Waals surface area contributed by atoms with Crippen LogP contribution in [0.5, 0.6) is 0 Å². The van der Waals surface area contributed by atoms with Crippen molar-refractivity contribution < 1.29 is 9.59 Å². The first-order valence-corrected chi connectivity index (χ1v) is 16.4. The summed E-state index contributed by atoms with van der Waals surface area (Å²) in [6.07, 6.45) is 2.14. The fraction of sp³-hybridized carbons (Fsp3) is 0.324. The summed E-state index contributed by atoms with van der Waals surface area (Å²) in [6, 6.07) is 23.7. The minimum Gasteiger partial charge on any atom is -0.339 e. The van der Waals surface area contributed by atoms with E-state index in [0.29, 0.717) is 48.3 Å². The zero-order chi connectivity index (χ0) is 30.6. The number of benzene rings is 3. The number of hydrogen-bond donors (Lipinski definition) is 0. The van der Waals surface area contributed by atoms with Crippen molar-refractivity contribution in [3.63, 3.8) is 0 Å². The van der Waals surface area contributed by atoms with Crippen LogP contribution in [0.1, 0.15) is 47.7 Å². The van der Waals surface area contributed by atoms with Gasteiger partial charge in [0.1, 0.15) is 5.52 Å². The molecule has 1 aliphatic heterocycles. The van der Waals surface area contributed by atoms with Crippen LogP contribution in [0.3, 0.4) is 0 Å². The molecule has 226 valence electrons. The molecule has 3 aromatic carbocycles. The average molecular weight is 627 g/mol. The van der Waals surface area contributed by atoms with Gasteiger partial charge in [-0.3, -0.25) is 9.59 Å². The third-order valence-corrected chi connectivity index (χ3v) is 9.30. The maximum absolute atomic E-state index is 13.0. The molecular weight excluding hydrogens is 592 g/mol. The Hall–Kier alpha value is -3.95. The molecule has 1 unspecified atom stereocenters. The molecule has 6 rings (SSSR count). The number of amides is 2. The van der Waals surface area contributed by atoms with Crippen molar-refractivity contribution in [2.24, 2.45) is 0 Å². The van der Waals surface area contributed by atoms with Gasteiger partial charge in [-0.25, -0.2) is 4.98 Å². The van der Waals surface area contributed by atoms with Crippen LogP contribution >= 0.6 is 23.4 Å². The van der Waals surface area contributed by atoms with E-state index in [1.165, 1.54) is 11.1 Å². The molecule has 44 heavy (non-hydrogen) atoms. The quantitative estimate of drug-likeness (QED) is 0.135. The zero-order valence-corrected chi connectivity index (χ0v) is 26.5. The number of fused-ring (bicyclic) bond motifs is 3. The van der Waals surface area contributed by atoms with E-state index in [2.05, 4.69) is 58.1 Å². The van der Waals surface area contributed by atoms with Gasteiger partial charge in [0.15, 0.2) is 5.65 Å². The van der Waals surface area contributed by atoms with Crippen LogP contribution in [0, 0.1) is 6.92 Å². The van der Waals surface area contributed by atoms with Crippen molar-refractivity contribution in [3.8, 4) is 0 Å². The van der Waals surface area contributed by atoms with Crippen molar-refractivity contribution in [1.29, 1.82) is 0 Å². The lowest BCUT2D eigenvalue weighted by Gasteiger charge is -2.40. The lowest BCUT2D eigenvalue weighted by molar-refractivity contribution is -0.133. The minimum atomic E-state index is -0.0486. The van der Waals surface area contributed by atoms with Gasteiger partial charge >= 0.3 is 0 Å². The summed E-state index contributed by atoms with van der Waals surface area (Å²) in [4.78, 5) is 34.6. The largest absolute Gasteiger partial charge is 0.339 e. The predicted octanol–water partition coefficient (Wildman–Crippen LogP) is 6.63.